The van der Waals surface area contributed by atoms with E-state index in [1.807, 2.05) is 11.3 Å². The SMILES string of the molecule is Cc1ccsc1C(C)NCCSCC1CC1. The van der Waals surface area contributed by atoms with Crippen LogP contribution in [-0.4, -0.2) is 18.1 Å². The molecule has 1 aromatic rings. The van der Waals surface area contributed by atoms with E-state index >= 15 is 0 Å². The zero-order valence-corrected chi connectivity index (χ0v) is 11.8. The summed E-state index contributed by atoms with van der Waals surface area (Å²) in [6.45, 7) is 5.60. The monoisotopic (exact) mass is 255 g/mol. The van der Waals surface area contributed by atoms with Crippen LogP contribution in [0, 0.1) is 12.8 Å². The van der Waals surface area contributed by atoms with Gasteiger partial charge in [-0.15, -0.1) is 11.3 Å². The maximum Gasteiger partial charge on any atom is 0.0389 e. The molecule has 1 saturated carbocycles. The summed E-state index contributed by atoms with van der Waals surface area (Å²) in [6.07, 6.45) is 2.95. The van der Waals surface area contributed by atoms with E-state index in [-0.39, 0.29) is 0 Å². The minimum absolute atomic E-state index is 0.515. The number of aryl methyl sites for hydroxylation is 1. The van der Waals surface area contributed by atoms with Crippen molar-refractivity contribution >= 4 is 23.1 Å². The highest BCUT2D eigenvalue weighted by Gasteiger charge is 2.20. The predicted molar refractivity (Wildman–Crippen MR) is 75.5 cm³/mol. The van der Waals surface area contributed by atoms with Gasteiger partial charge < -0.3 is 5.32 Å². The standard InChI is InChI=1S/C13H21NS2/c1-10-5-7-16-13(10)11(2)14-6-8-15-9-12-3-4-12/h5,7,11-12,14H,3-4,6,8-9H2,1-2H3. The summed E-state index contributed by atoms with van der Waals surface area (Å²) in [5, 5.41) is 5.79. The van der Waals surface area contributed by atoms with Crippen molar-refractivity contribution in [3.05, 3.63) is 21.9 Å². The van der Waals surface area contributed by atoms with Crippen molar-refractivity contribution in [2.24, 2.45) is 5.92 Å². The van der Waals surface area contributed by atoms with Gasteiger partial charge in [-0.25, -0.2) is 0 Å². The number of thioether (sulfide) groups is 1. The Kier molecular flexibility index (Phi) is 4.74. The highest BCUT2D eigenvalue weighted by molar-refractivity contribution is 7.99. The Morgan fingerprint density at radius 1 is 1.56 bits per heavy atom. The van der Waals surface area contributed by atoms with Crippen molar-refractivity contribution < 1.29 is 0 Å². The summed E-state index contributed by atoms with van der Waals surface area (Å²) in [4.78, 5) is 1.49. The van der Waals surface area contributed by atoms with Crippen LogP contribution in [-0.2, 0) is 0 Å². The lowest BCUT2D eigenvalue weighted by Gasteiger charge is -2.13. The fourth-order valence-electron chi connectivity index (χ4n) is 1.80. The van der Waals surface area contributed by atoms with Crippen LogP contribution in [0.25, 0.3) is 0 Å². The van der Waals surface area contributed by atoms with Gasteiger partial charge in [-0.1, -0.05) is 0 Å². The summed E-state index contributed by atoms with van der Waals surface area (Å²) >= 11 is 3.98. The Balaban J connectivity index is 1.59. The number of hydrogen-bond donors (Lipinski definition) is 1. The molecule has 1 atom stereocenters. The fraction of sp³-hybridized carbons (Fsp3) is 0.692. The van der Waals surface area contributed by atoms with Gasteiger partial charge in [0.2, 0.25) is 0 Å². The Bertz CT molecular complexity index is 317. The van der Waals surface area contributed by atoms with Crippen molar-refractivity contribution in [1.82, 2.24) is 5.32 Å². The highest BCUT2D eigenvalue weighted by atomic mass is 32.2. The minimum atomic E-state index is 0.515. The second-order valence-electron chi connectivity index (χ2n) is 4.66. The first-order valence-corrected chi connectivity index (χ1v) is 8.16. The third kappa shape index (κ3) is 3.79. The summed E-state index contributed by atoms with van der Waals surface area (Å²) in [5.74, 6) is 3.70. The molecule has 1 aliphatic carbocycles. The molecule has 0 aromatic carbocycles. The van der Waals surface area contributed by atoms with Crippen LogP contribution >= 0.6 is 23.1 Å². The van der Waals surface area contributed by atoms with Crippen LogP contribution < -0.4 is 5.32 Å². The van der Waals surface area contributed by atoms with Gasteiger partial charge in [0.05, 0.1) is 0 Å². The van der Waals surface area contributed by atoms with Crippen LogP contribution in [0.15, 0.2) is 11.4 Å². The normalized spacial score (nSPS) is 17.6. The van der Waals surface area contributed by atoms with Crippen molar-refractivity contribution in [3.63, 3.8) is 0 Å². The number of thiophene rings is 1. The lowest BCUT2D eigenvalue weighted by atomic mass is 10.2. The van der Waals surface area contributed by atoms with Crippen LogP contribution in [0.4, 0.5) is 0 Å². The molecule has 0 aliphatic heterocycles. The molecule has 0 spiro atoms. The first-order valence-electron chi connectivity index (χ1n) is 6.12. The summed E-state index contributed by atoms with van der Waals surface area (Å²) in [5.41, 5.74) is 1.43. The lowest BCUT2D eigenvalue weighted by molar-refractivity contribution is 0.608. The predicted octanol–water partition coefficient (Wildman–Crippen LogP) is 3.85. The maximum atomic E-state index is 3.61. The smallest absolute Gasteiger partial charge is 0.0389 e. The Labute approximate surface area is 107 Å². The fourth-order valence-corrected chi connectivity index (χ4v) is 3.86. The van der Waals surface area contributed by atoms with Crippen molar-refractivity contribution in [3.8, 4) is 0 Å². The number of nitrogens with one attached hydrogen (secondary N) is 1. The average Bonchev–Trinajstić information content (AvgIpc) is 2.99. The van der Waals surface area contributed by atoms with Gasteiger partial charge in [-0.3, -0.25) is 0 Å². The van der Waals surface area contributed by atoms with E-state index in [4.69, 9.17) is 0 Å². The molecule has 0 bridgehead atoms. The van der Waals surface area contributed by atoms with Gasteiger partial charge >= 0.3 is 0 Å². The molecule has 2 rings (SSSR count). The summed E-state index contributed by atoms with van der Waals surface area (Å²) < 4.78 is 0. The second kappa shape index (κ2) is 6.08. The van der Waals surface area contributed by atoms with Crippen molar-refractivity contribution in [2.75, 3.05) is 18.1 Å². The van der Waals surface area contributed by atoms with Crippen molar-refractivity contribution in [1.29, 1.82) is 0 Å². The highest BCUT2D eigenvalue weighted by Crippen LogP contribution is 2.32. The summed E-state index contributed by atoms with van der Waals surface area (Å²) in [7, 11) is 0. The Morgan fingerprint density at radius 2 is 2.38 bits per heavy atom. The molecular weight excluding hydrogens is 234 g/mol. The molecule has 1 aromatic heterocycles. The molecule has 1 heterocycles. The van der Waals surface area contributed by atoms with Crippen LogP contribution in [0.5, 0.6) is 0 Å². The zero-order valence-electron chi connectivity index (χ0n) is 10.2. The van der Waals surface area contributed by atoms with Crippen LogP contribution in [0.2, 0.25) is 0 Å². The van der Waals surface area contributed by atoms with Crippen LogP contribution in [0.1, 0.15) is 36.2 Å². The van der Waals surface area contributed by atoms with E-state index in [0.717, 1.165) is 12.5 Å². The van der Waals surface area contributed by atoms with Gasteiger partial charge in [0.1, 0.15) is 0 Å². The van der Waals surface area contributed by atoms with E-state index in [1.165, 1.54) is 34.8 Å². The zero-order chi connectivity index (χ0) is 11.4. The third-order valence-corrected chi connectivity index (χ3v) is 5.44. The topological polar surface area (TPSA) is 12.0 Å². The second-order valence-corrected chi connectivity index (χ2v) is 6.76. The molecule has 0 saturated heterocycles. The van der Waals surface area contributed by atoms with Gasteiger partial charge in [-0.2, -0.15) is 11.8 Å². The Hall–Kier alpha value is 0.01000. The molecule has 1 fully saturated rings. The molecule has 3 heteroatoms. The van der Waals surface area contributed by atoms with E-state index in [2.05, 4.69) is 42.4 Å². The maximum absolute atomic E-state index is 3.61. The molecule has 16 heavy (non-hydrogen) atoms. The molecule has 1 nitrogen and oxygen atoms in total. The minimum Gasteiger partial charge on any atom is -0.309 e. The average molecular weight is 255 g/mol. The Morgan fingerprint density at radius 3 is 3.00 bits per heavy atom. The first-order chi connectivity index (χ1) is 7.77. The largest absolute Gasteiger partial charge is 0.309 e. The van der Waals surface area contributed by atoms with Gasteiger partial charge in [0.25, 0.3) is 0 Å². The van der Waals surface area contributed by atoms with E-state index in [1.54, 1.807) is 0 Å². The van der Waals surface area contributed by atoms with E-state index in [0.29, 0.717) is 6.04 Å². The molecule has 90 valence electrons. The summed E-state index contributed by atoms with van der Waals surface area (Å²) in [6, 6.07) is 2.72. The quantitative estimate of drug-likeness (QED) is 0.743. The number of hydrogen-bond acceptors (Lipinski definition) is 3. The van der Waals surface area contributed by atoms with Crippen LogP contribution in [0.3, 0.4) is 0 Å². The molecule has 1 aliphatic rings. The molecular formula is C13H21NS2. The number of rotatable bonds is 7. The van der Waals surface area contributed by atoms with Gasteiger partial charge in [0, 0.05) is 23.2 Å². The van der Waals surface area contributed by atoms with E-state index in [9.17, 15) is 0 Å². The molecule has 0 amide bonds. The van der Waals surface area contributed by atoms with Crippen molar-refractivity contribution in [2.45, 2.75) is 32.7 Å². The van der Waals surface area contributed by atoms with E-state index < -0.39 is 0 Å². The third-order valence-electron chi connectivity index (χ3n) is 3.04. The molecule has 1 unspecified atom stereocenters. The molecule has 1 N–H and O–H groups in total. The first kappa shape index (κ1) is 12.5. The van der Waals surface area contributed by atoms with Gasteiger partial charge in [0.15, 0.2) is 0 Å². The molecule has 0 radical (unpaired) electrons. The van der Waals surface area contributed by atoms with Gasteiger partial charge in [-0.05, 0) is 55.4 Å². The lowest BCUT2D eigenvalue weighted by Crippen LogP contribution is -2.21.